The third-order valence-electron chi connectivity index (χ3n) is 1.66. The maximum atomic E-state index is 10.3. The summed E-state index contributed by atoms with van der Waals surface area (Å²) in [5.41, 5.74) is 6.80. The topological polar surface area (TPSA) is 72.5 Å². The molecule has 0 bridgehead atoms. The van der Waals surface area contributed by atoms with Crippen LogP contribution in [0.2, 0.25) is 0 Å². The first kappa shape index (κ1) is 10.1. The van der Waals surface area contributed by atoms with E-state index in [1.165, 1.54) is 13.2 Å². The van der Waals surface area contributed by atoms with Gasteiger partial charge in [0, 0.05) is 23.4 Å². The van der Waals surface area contributed by atoms with Gasteiger partial charge in [0.05, 0.1) is 7.11 Å². The lowest BCUT2D eigenvalue weighted by atomic mass is 10.1. The number of nitrogen functional groups attached to an aromatic ring is 1. The predicted octanol–water partition coefficient (Wildman–Crippen LogP) is 1.38. The molecule has 0 saturated carbocycles. The average Bonchev–Trinajstić information content (AvgIpc) is 2.15. The van der Waals surface area contributed by atoms with Gasteiger partial charge >= 0.3 is 5.97 Å². The number of carboxylic acid groups (broad SMARTS) is 1. The number of hydrogen-bond acceptors (Lipinski definition) is 3. The van der Waals surface area contributed by atoms with Gasteiger partial charge in [-0.05, 0) is 18.2 Å². The van der Waals surface area contributed by atoms with E-state index in [-0.39, 0.29) is 0 Å². The third-order valence-corrected chi connectivity index (χ3v) is 1.66. The standard InChI is InChI=1S/C10H11NO3/c1-14-9-6-8(11)4-2-7(9)3-5-10(12)13/h2-6H,11H2,1H3,(H,12,13)/b5-3+. The van der Waals surface area contributed by atoms with Gasteiger partial charge in [-0.2, -0.15) is 0 Å². The maximum Gasteiger partial charge on any atom is 0.328 e. The molecule has 0 fully saturated rings. The molecule has 1 aromatic carbocycles. The third kappa shape index (κ3) is 2.52. The second kappa shape index (κ2) is 4.32. The van der Waals surface area contributed by atoms with Gasteiger partial charge in [0.25, 0.3) is 0 Å². The summed E-state index contributed by atoms with van der Waals surface area (Å²) < 4.78 is 5.03. The van der Waals surface area contributed by atoms with Crippen molar-refractivity contribution in [2.45, 2.75) is 0 Å². The van der Waals surface area contributed by atoms with Crippen LogP contribution in [0.25, 0.3) is 6.08 Å². The van der Waals surface area contributed by atoms with Gasteiger partial charge in [-0.3, -0.25) is 0 Å². The predicted molar refractivity (Wildman–Crippen MR) is 54.1 cm³/mol. The van der Waals surface area contributed by atoms with Crippen molar-refractivity contribution in [1.29, 1.82) is 0 Å². The summed E-state index contributed by atoms with van der Waals surface area (Å²) in [4.78, 5) is 10.3. The number of anilines is 1. The molecule has 0 heterocycles. The second-order valence-corrected chi connectivity index (χ2v) is 2.67. The van der Waals surface area contributed by atoms with E-state index in [0.29, 0.717) is 17.0 Å². The SMILES string of the molecule is COc1cc(N)ccc1/C=C/C(=O)O. The number of carboxylic acids is 1. The molecule has 0 aliphatic rings. The molecular formula is C10H11NO3. The fourth-order valence-electron chi connectivity index (χ4n) is 1.03. The smallest absolute Gasteiger partial charge is 0.328 e. The van der Waals surface area contributed by atoms with Gasteiger partial charge in [-0.1, -0.05) is 0 Å². The van der Waals surface area contributed by atoms with E-state index in [4.69, 9.17) is 15.6 Å². The molecule has 1 aromatic rings. The normalized spacial score (nSPS) is 10.4. The Morgan fingerprint density at radius 1 is 1.57 bits per heavy atom. The van der Waals surface area contributed by atoms with Crippen LogP contribution in [0.3, 0.4) is 0 Å². The van der Waals surface area contributed by atoms with Crippen molar-refractivity contribution in [2.75, 3.05) is 12.8 Å². The quantitative estimate of drug-likeness (QED) is 0.561. The lowest BCUT2D eigenvalue weighted by molar-refractivity contribution is -0.131. The number of benzene rings is 1. The zero-order valence-corrected chi connectivity index (χ0v) is 7.73. The molecule has 0 spiro atoms. The van der Waals surface area contributed by atoms with Crippen molar-refractivity contribution in [3.05, 3.63) is 29.8 Å². The van der Waals surface area contributed by atoms with Crippen LogP contribution in [0, 0.1) is 0 Å². The van der Waals surface area contributed by atoms with Crippen LogP contribution in [0.4, 0.5) is 5.69 Å². The number of nitrogens with two attached hydrogens (primary N) is 1. The fourth-order valence-corrected chi connectivity index (χ4v) is 1.03. The molecule has 4 nitrogen and oxygen atoms in total. The summed E-state index contributed by atoms with van der Waals surface area (Å²) >= 11 is 0. The first-order valence-corrected chi connectivity index (χ1v) is 3.98. The van der Waals surface area contributed by atoms with E-state index in [0.717, 1.165) is 6.08 Å². The molecule has 14 heavy (non-hydrogen) atoms. The van der Waals surface area contributed by atoms with Crippen molar-refractivity contribution < 1.29 is 14.6 Å². The Kier molecular flexibility index (Phi) is 3.12. The minimum absolute atomic E-state index is 0.558. The van der Waals surface area contributed by atoms with Crippen LogP contribution in [-0.2, 0) is 4.79 Å². The highest BCUT2D eigenvalue weighted by Crippen LogP contribution is 2.22. The Morgan fingerprint density at radius 3 is 2.86 bits per heavy atom. The van der Waals surface area contributed by atoms with Gasteiger partial charge in [0.2, 0.25) is 0 Å². The van der Waals surface area contributed by atoms with Gasteiger partial charge in [0.15, 0.2) is 0 Å². The number of aliphatic carboxylic acids is 1. The van der Waals surface area contributed by atoms with Crippen LogP contribution >= 0.6 is 0 Å². The summed E-state index contributed by atoms with van der Waals surface area (Å²) in [6.45, 7) is 0. The Bertz CT molecular complexity index is 372. The highest BCUT2D eigenvalue weighted by atomic mass is 16.5. The molecule has 4 heteroatoms. The molecular weight excluding hydrogens is 182 g/mol. The van der Waals surface area contributed by atoms with E-state index in [2.05, 4.69) is 0 Å². The van der Waals surface area contributed by atoms with E-state index < -0.39 is 5.97 Å². The largest absolute Gasteiger partial charge is 0.496 e. The molecule has 74 valence electrons. The summed E-state index contributed by atoms with van der Waals surface area (Å²) in [5.74, 6) is -0.439. The minimum Gasteiger partial charge on any atom is -0.496 e. The lowest BCUT2D eigenvalue weighted by Gasteiger charge is -2.04. The summed E-state index contributed by atoms with van der Waals surface area (Å²) in [7, 11) is 1.51. The molecule has 0 aromatic heterocycles. The van der Waals surface area contributed by atoms with E-state index in [1.54, 1.807) is 18.2 Å². The fraction of sp³-hybridized carbons (Fsp3) is 0.100. The molecule has 0 atom stereocenters. The van der Waals surface area contributed by atoms with Crippen LogP contribution in [0.15, 0.2) is 24.3 Å². The van der Waals surface area contributed by atoms with E-state index in [1.807, 2.05) is 0 Å². The Hall–Kier alpha value is -1.97. The van der Waals surface area contributed by atoms with Crippen LogP contribution in [0.1, 0.15) is 5.56 Å². The average molecular weight is 193 g/mol. The monoisotopic (exact) mass is 193 g/mol. The van der Waals surface area contributed by atoms with Crippen molar-refractivity contribution in [3.63, 3.8) is 0 Å². The second-order valence-electron chi connectivity index (χ2n) is 2.67. The molecule has 1 rings (SSSR count). The molecule has 0 aliphatic heterocycles. The first-order valence-electron chi connectivity index (χ1n) is 3.98. The molecule has 0 radical (unpaired) electrons. The number of hydrogen-bond donors (Lipinski definition) is 2. The van der Waals surface area contributed by atoms with E-state index in [9.17, 15) is 4.79 Å². The summed E-state index contributed by atoms with van der Waals surface area (Å²) in [6, 6.07) is 5.03. The van der Waals surface area contributed by atoms with Crippen molar-refractivity contribution in [3.8, 4) is 5.75 Å². The highest BCUT2D eigenvalue weighted by Gasteiger charge is 1.99. The van der Waals surface area contributed by atoms with Gasteiger partial charge in [-0.15, -0.1) is 0 Å². The molecule has 0 unspecified atom stereocenters. The van der Waals surface area contributed by atoms with Crippen molar-refractivity contribution in [2.24, 2.45) is 0 Å². The van der Waals surface area contributed by atoms with Gasteiger partial charge < -0.3 is 15.6 Å². The maximum absolute atomic E-state index is 10.3. The van der Waals surface area contributed by atoms with Crippen LogP contribution in [0.5, 0.6) is 5.75 Å². The lowest BCUT2D eigenvalue weighted by Crippen LogP contribution is -1.91. The summed E-state index contributed by atoms with van der Waals surface area (Å²) in [5, 5.41) is 8.44. The van der Waals surface area contributed by atoms with Crippen LogP contribution in [-0.4, -0.2) is 18.2 Å². The van der Waals surface area contributed by atoms with Gasteiger partial charge in [-0.25, -0.2) is 4.79 Å². The van der Waals surface area contributed by atoms with Gasteiger partial charge in [0.1, 0.15) is 5.75 Å². The molecule has 0 aliphatic carbocycles. The highest BCUT2D eigenvalue weighted by molar-refractivity contribution is 5.86. The Balaban J connectivity index is 3.02. The zero-order chi connectivity index (χ0) is 10.6. The molecule has 0 amide bonds. The van der Waals surface area contributed by atoms with Crippen molar-refractivity contribution in [1.82, 2.24) is 0 Å². The molecule has 0 saturated heterocycles. The number of rotatable bonds is 3. The number of ether oxygens (including phenoxy) is 1. The molecule has 3 N–H and O–H groups in total. The number of carbonyl (C=O) groups is 1. The first-order chi connectivity index (χ1) is 6.63. The number of methoxy groups -OCH3 is 1. The summed E-state index contributed by atoms with van der Waals surface area (Å²) in [6.07, 6.45) is 2.51. The Morgan fingerprint density at radius 2 is 2.29 bits per heavy atom. The zero-order valence-electron chi connectivity index (χ0n) is 7.73. The van der Waals surface area contributed by atoms with Crippen molar-refractivity contribution >= 4 is 17.7 Å². The van der Waals surface area contributed by atoms with E-state index >= 15 is 0 Å². The minimum atomic E-state index is -0.996. The van der Waals surface area contributed by atoms with Crippen LogP contribution < -0.4 is 10.5 Å². The Labute approximate surface area is 81.6 Å².